The van der Waals surface area contributed by atoms with Crippen LogP contribution in [0, 0.1) is 22.7 Å². The van der Waals surface area contributed by atoms with Gasteiger partial charge in [0.2, 0.25) is 0 Å². The molecule has 0 unspecified atom stereocenters. The molecular weight excluding hydrogens is 569 g/mol. The summed E-state index contributed by atoms with van der Waals surface area (Å²) in [6.07, 6.45) is 3.91. The molecule has 0 aliphatic heterocycles. The zero-order valence-corrected chi connectivity index (χ0v) is 24.5. The van der Waals surface area contributed by atoms with Crippen molar-refractivity contribution in [3.8, 4) is 12.1 Å². The summed E-state index contributed by atoms with van der Waals surface area (Å²) in [5.74, 6) is 1.55. The van der Waals surface area contributed by atoms with Gasteiger partial charge in [0.25, 0.3) is 0 Å². The summed E-state index contributed by atoms with van der Waals surface area (Å²) in [6, 6.07) is 37.7. The van der Waals surface area contributed by atoms with Crippen molar-refractivity contribution in [1.29, 1.82) is 10.5 Å². The molecule has 0 saturated carbocycles. The van der Waals surface area contributed by atoms with Gasteiger partial charge in [0, 0.05) is 23.9 Å². The predicted molar refractivity (Wildman–Crippen MR) is 168 cm³/mol. The average molecular weight is 591 g/mol. The molecule has 0 amide bonds. The van der Waals surface area contributed by atoms with Crippen LogP contribution >= 0.6 is 45.1 Å². The first-order valence-corrected chi connectivity index (χ1v) is 16.6. The fourth-order valence-corrected chi connectivity index (χ4v) is 9.98. The smallest absolute Gasteiger partial charge is 0.139 e. The SMILES string of the molecule is N#Cc1c(SCc2ccccc2)c(SSc2c(SCc3ccccc3)c(C#N)n3ccccc23)c2ccccn12. The molecule has 6 rings (SSSR count). The van der Waals surface area contributed by atoms with Crippen LogP contribution in [0.2, 0.25) is 0 Å². The van der Waals surface area contributed by atoms with E-state index in [0.717, 1.165) is 42.1 Å². The first-order valence-electron chi connectivity index (χ1n) is 12.5. The van der Waals surface area contributed by atoms with Crippen LogP contribution in [-0.2, 0) is 11.5 Å². The Kier molecular flexibility index (Phi) is 8.13. The maximum atomic E-state index is 10.2. The number of hydrogen-bond donors (Lipinski definition) is 0. The minimum Gasteiger partial charge on any atom is -0.306 e. The number of nitriles is 2. The van der Waals surface area contributed by atoms with Crippen LogP contribution in [0.4, 0.5) is 0 Å². The Hall–Kier alpha value is -3.66. The maximum Gasteiger partial charge on any atom is 0.139 e. The van der Waals surface area contributed by atoms with E-state index in [1.807, 2.05) is 81.9 Å². The van der Waals surface area contributed by atoms with E-state index in [1.54, 1.807) is 45.1 Å². The molecule has 0 bridgehead atoms. The number of aromatic nitrogens is 2. The molecule has 0 atom stereocenters. The monoisotopic (exact) mass is 590 g/mol. The van der Waals surface area contributed by atoms with E-state index in [0.29, 0.717) is 11.4 Å². The van der Waals surface area contributed by atoms with Gasteiger partial charge in [-0.25, -0.2) is 0 Å². The number of nitrogens with zero attached hydrogens (tertiary/aromatic N) is 4. The first kappa shape index (κ1) is 26.6. The fraction of sp³-hybridized carbons (Fsp3) is 0.0625. The molecule has 2 aromatic carbocycles. The highest BCUT2D eigenvalue weighted by atomic mass is 33.1. The van der Waals surface area contributed by atoms with E-state index in [1.165, 1.54) is 11.1 Å². The molecule has 0 saturated heterocycles. The van der Waals surface area contributed by atoms with Gasteiger partial charge in [0.15, 0.2) is 0 Å². The molecule has 0 radical (unpaired) electrons. The summed E-state index contributed by atoms with van der Waals surface area (Å²) in [4.78, 5) is 4.10. The molecular formula is C32H22N4S4. The molecule has 4 heterocycles. The molecule has 4 nitrogen and oxygen atoms in total. The van der Waals surface area contributed by atoms with E-state index in [2.05, 4.69) is 48.5 Å². The Bertz CT molecular complexity index is 1740. The second kappa shape index (κ2) is 12.2. The molecule has 0 N–H and O–H groups in total. The summed E-state index contributed by atoms with van der Waals surface area (Å²) in [6.45, 7) is 0. The van der Waals surface area contributed by atoms with Crippen LogP contribution in [0.15, 0.2) is 129 Å². The van der Waals surface area contributed by atoms with E-state index >= 15 is 0 Å². The van der Waals surface area contributed by atoms with E-state index in [4.69, 9.17) is 0 Å². The van der Waals surface area contributed by atoms with Crippen LogP contribution < -0.4 is 0 Å². The van der Waals surface area contributed by atoms with Crippen molar-refractivity contribution in [1.82, 2.24) is 8.80 Å². The van der Waals surface area contributed by atoms with Gasteiger partial charge in [-0.3, -0.25) is 0 Å². The third-order valence-electron chi connectivity index (χ3n) is 6.38. The minimum atomic E-state index is 0.651. The normalized spacial score (nSPS) is 11.1. The molecule has 194 valence electrons. The Balaban J connectivity index is 1.39. The molecule has 0 aliphatic rings. The van der Waals surface area contributed by atoms with Crippen molar-refractivity contribution >= 4 is 56.1 Å². The molecule has 0 aliphatic carbocycles. The number of rotatable bonds is 9. The lowest BCUT2D eigenvalue weighted by Gasteiger charge is -2.07. The van der Waals surface area contributed by atoms with Gasteiger partial charge in [-0.2, -0.15) is 10.5 Å². The highest BCUT2D eigenvalue weighted by Gasteiger charge is 2.23. The molecule has 8 heteroatoms. The number of benzene rings is 2. The van der Waals surface area contributed by atoms with Crippen LogP contribution in [0.5, 0.6) is 0 Å². The topological polar surface area (TPSA) is 56.4 Å². The quantitative estimate of drug-likeness (QED) is 0.124. The minimum absolute atomic E-state index is 0.651. The molecule has 0 fully saturated rings. The van der Waals surface area contributed by atoms with Crippen LogP contribution in [-0.4, -0.2) is 8.80 Å². The van der Waals surface area contributed by atoms with E-state index in [9.17, 15) is 10.5 Å². The van der Waals surface area contributed by atoms with Gasteiger partial charge in [0.1, 0.15) is 23.5 Å². The largest absolute Gasteiger partial charge is 0.306 e. The van der Waals surface area contributed by atoms with Gasteiger partial charge < -0.3 is 8.80 Å². The standard InChI is InChI=1S/C32H22N4S4/c33-19-27-29(37-21-23-11-3-1-4-12-23)31(25-15-7-9-17-35(25)27)39-40-32-26-16-8-10-18-36(26)28(20-34)30(32)38-22-24-13-5-2-6-14-24/h1-18H,21-22H2. The predicted octanol–water partition coefficient (Wildman–Crippen LogP) is 9.32. The van der Waals surface area contributed by atoms with Crippen molar-refractivity contribution in [2.75, 3.05) is 0 Å². The lowest BCUT2D eigenvalue weighted by molar-refractivity contribution is 1.13. The Labute approximate surface area is 249 Å². The Morgan fingerprint density at radius 3 is 1.30 bits per heavy atom. The first-order chi connectivity index (χ1) is 19.8. The van der Waals surface area contributed by atoms with Gasteiger partial charge in [-0.15, -0.1) is 23.5 Å². The van der Waals surface area contributed by atoms with Crippen molar-refractivity contribution in [3.05, 3.63) is 132 Å². The van der Waals surface area contributed by atoms with Crippen molar-refractivity contribution in [3.63, 3.8) is 0 Å². The van der Waals surface area contributed by atoms with Crippen molar-refractivity contribution in [2.24, 2.45) is 0 Å². The third-order valence-corrected chi connectivity index (χ3v) is 11.5. The van der Waals surface area contributed by atoms with Gasteiger partial charge >= 0.3 is 0 Å². The lowest BCUT2D eigenvalue weighted by Crippen LogP contribution is -1.87. The van der Waals surface area contributed by atoms with Crippen molar-refractivity contribution in [2.45, 2.75) is 31.1 Å². The van der Waals surface area contributed by atoms with Gasteiger partial charge in [-0.1, -0.05) is 72.8 Å². The second-order valence-electron chi connectivity index (χ2n) is 8.86. The van der Waals surface area contributed by atoms with Gasteiger partial charge in [0.05, 0.1) is 30.6 Å². The molecule has 6 aromatic rings. The van der Waals surface area contributed by atoms with Crippen LogP contribution in [0.1, 0.15) is 22.5 Å². The third kappa shape index (κ3) is 5.24. The zero-order chi connectivity index (χ0) is 27.3. The van der Waals surface area contributed by atoms with Gasteiger partial charge in [-0.05, 0) is 57.0 Å². The van der Waals surface area contributed by atoms with Crippen LogP contribution in [0.25, 0.3) is 11.0 Å². The summed E-state index contributed by atoms with van der Waals surface area (Å²) in [5, 5.41) is 20.3. The van der Waals surface area contributed by atoms with Crippen molar-refractivity contribution < 1.29 is 0 Å². The van der Waals surface area contributed by atoms with Crippen LogP contribution in [0.3, 0.4) is 0 Å². The Morgan fingerprint density at radius 1 is 0.500 bits per heavy atom. The lowest BCUT2D eigenvalue weighted by atomic mass is 10.2. The zero-order valence-electron chi connectivity index (χ0n) is 21.2. The number of pyridine rings is 2. The number of hydrogen-bond acceptors (Lipinski definition) is 6. The highest BCUT2D eigenvalue weighted by Crippen LogP contribution is 2.51. The molecule has 40 heavy (non-hydrogen) atoms. The number of fused-ring (bicyclic) bond motifs is 2. The summed E-state index contributed by atoms with van der Waals surface area (Å²) in [7, 11) is 3.33. The Morgan fingerprint density at radius 2 is 0.900 bits per heavy atom. The summed E-state index contributed by atoms with van der Waals surface area (Å²) in [5.41, 5.74) is 5.75. The highest BCUT2D eigenvalue weighted by molar-refractivity contribution is 8.76. The summed E-state index contributed by atoms with van der Waals surface area (Å²) >= 11 is 3.39. The maximum absolute atomic E-state index is 10.2. The summed E-state index contributed by atoms with van der Waals surface area (Å²) < 4.78 is 3.97. The van der Waals surface area contributed by atoms with E-state index < -0.39 is 0 Å². The number of thioether (sulfide) groups is 2. The average Bonchev–Trinajstić information content (AvgIpc) is 3.49. The molecule has 0 spiro atoms. The molecule has 4 aromatic heterocycles. The second-order valence-corrected chi connectivity index (χ2v) is 13.0. The van der Waals surface area contributed by atoms with E-state index in [-0.39, 0.29) is 0 Å². The fourth-order valence-electron chi connectivity index (χ4n) is 4.49.